The summed E-state index contributed by atoms with van der Waals surface area (Å²) < 4.78 is 6.83. The van der Waals surface area contributed by atoms with E-state index in [1.165, 1.54) is 7.11 Å². The van der Waals surface area contributed by atoms with E-state index in [1.807, 2.05) is 44.2 Å². The van der Waals surface area contributed by atoms with E-state index in [1.54, 1.807) is 18.2 Å². The average molecular weight is 472 g/mol. The summed E-state index contributed by atoms with van der Waals surface area (Å²) in [4.78, 5) is 38.6. The summed E-state index contributed by atoms with van der Waals surface area (Å²) in [7, 11) is 1.22. The van der Waals surface area contributed by atoms with Crippen LogP contribution in [0, 0.1) is 5.92 Å². The highest BCUT2D eigenvalue weighted by Gasteiger charge is 2.31. The standard InChI is InChI=1S/C23H22BrNO5/c1-13(2)11-18(22(27)28)25-20(23(29)30-3)19(14-7-5-4-6-8-14)17-12-15(24)9-10-16(17)21(25)26/h4-10,12-13,18H,11H2,1-3H3,(H,27,28). The lowest BCUT2D eigenvalue weighted by Gasteiger charge is -2.24. The quantitative estimate of drug-likeness (QED) is 0.517. The van der Waals surface area contributed by atoms with Crippen molar-refractivity contribution < 1.29 is 19.4 Å². The third-order valence-electron chi connectivity index (χ3n) is 4.91. The minimum absolute atomic E-state index is 0.00992. The number of benzene rings is 2. The van der Waals surface area contributed by atoms with Gasteiger partial charge in [-0.05, 0) is 41.5 Å². The fraction of sp³-hybridized carbons (Fsp3) is 0.261. The van der Waals surface area contributed by atoms with Gasteiger partial charge in [0.25, 0.3) is 5.56 Å². The molecule has 0 fully saturated rings. The van der Waals surface area contributed by atoms with E-state index in [9.17, 15) is 19.5 Å². The summed E-state index contributed by atoms with van der Waals surface area (Å²) in [5.74, 6) is -1.95. The van der Waals surface area contributed by atoms with E-state index in [0.717, 1.165) is 9.04 Å². The third-order valence-corrected chi connectivity index (χ3v) is 5.40. The molecule has 0 amide bonds. The lowest BCUT2D eigenvalue weighted by atomic mass is 9.95. The Kier molecular flexibility index (Phi) is 6.41. The Morgan fingerprint density at radius 3 is 2.33 bits per heavy atom. The number of esters is 1. The largest absolute Gasteiger partial charge is 0.480 e. The first kappa shape index (κ1) is 21.8. The Balaban J connectivity index is 2.57. The molecule has 156 valence electrons. The van der Waals surface area contributed by atoms with Gasteiger partial charge < -0.3 is 9.84 Å². The molecule has 1 unspecified atom stereocenters. The number of carboxylic acids is 1. The Hall–Kier alpha value is -2.93. The molecule has 30 heavy (non-hydrogen) atoms. The van der Waals surface area contributed by atoms with Crippen molar-refractivity contribution >= 4 is 38.6 Å². The van der Waals surface area contributed by atoms with Crippen molar-refractivity contribution in [2.45, 2.75) is 26.3 Å². The molecular weight excluding hydrogens is 450 g/mol. The van der Waals surface area contributed by atoms with Gasteiger partial charge in [-0.1, -0.05) is 60.1 Å². The molecule has 0 saturated carbocycles. The highest BCUT2D eigenvalue weighted by Crippen LogP contribution is 2.34. The van der Waals surface area contributed by atoms with E-state index in [-0.39, 0.29) is 18.0 Å². The molecule has 6 nitrogen and oxygen atoms in total. The van der Waals surface area contributed by atoms with Crippen LogP contribution in [0.15, 0.2) is 57.8 Å². The number of rotatable bonds is 6. The van der Waals surface area contributed by atoms with E-state index in [2.05, 4.69) is 15.9 Å². The SMILES string of the molecule is COC(=O)c1c(-c2ccccc2)c2cc(Br)ccc2c(=O)n1C(CC(C)C)C(=O)O. The minimum Gasteiger partial charge on any atom is -0.480 e. The van der Waals surface area contributed by atoms with Crippen molar-refractivity contribution in [3.63, 3.8) is 0 Å². The molecule has 0 aliphatic rings. The number of carboxylic acid groups (broad SMARTS) is 1. The predicted molar refractivity (Wildman–Crippen MR) is 119 cm³/mol. The molecule has 0 spiro atoms. The van der Waals surface area contributed by atoms with E-state index < -0.39 is 23.5 Å². The average Bonchev–Trinajstić information content (AvgIpc) is 2.71. The highest BCUT2D eigenvalue weighted by molar-refractivity contribution is 9.10. The molecule has 1 heterocycles. The Morgan fingerprint density at radius 2 is 1.77 bits per heavy atom. The van der Waals surface area contributed by atoms with Crippen LogP contribution in [0.1, 0.15) is 36.8 Å². The third kappa shape index (κ3) is 4.03. The van der Waals surface area contributed by atoms with Gasteiger partial charge in [-0.25, -0.2) is 9.59 Å². The summed E-state index contributed by atoms with van der Waals surface area (Å²) >= 11 is 3.43. The zero-order valence-corrected chi connectivity index (χ0v) is 18.5. The van der Waals surface area contributed by atoms with Crippen molar-refractivity contribution in [3.8, 4) is 11.1 Å². The number of pyridine rings is 1. The molecule has 0 aliphatic carbocycles. The predicted octanol–water partition coefficient (Wildman–Crippen LogP) is 4.89. The highest BCUT2D eigenvalue weighted by atomic mass is 79.9. The fourth-order valence-corrected chi connectivity index (χ4v) is 4.00. The molecule has 1 atom stereocenters. The number of methoxy groups -OCH3 is 1. The van der Waals surface area contributed by atoms with E-state index in [4.69, 9.17) is 4.74 Å². The van der Waals surface area contributed by atoms with Gasteiger partial charge in [0.15, 0.2) is 0 Å². The van der Waals surface area contributed by atoms with Crippen molar-refractivity contribution in [1.82, 2.24) is 4.57 Å². The van der Waals surface area contributed by atoms with Crippen molar-refractivity contribution in [2.24, 2.45) is 5.92 Å². The van der Waals surface area contributed by atoms with Gasteiger partial charge in [-0.2, -0.15) is 0 Å². The summed E-state index contributed by atoms with van der Waals surface area (Å²) in [6.07, 6.45) is 0.190. The lowest BCUT2D eigenvalue weighted by Crippen LogP contribution is -2.35. The normalized spacial score (nSPS) is 12.2. The first-order valence-corrected chi connectivity index (χ1v) is 10.3. The van der Waals surface area contributed by atoms with Crippen molar-refractivity contribution in [2.75, 3.05) is 7.11 Å². The number of hydrogen-bond donors (Lipinski definition) is 1. The Morgan fingerprint density at radius 1 is 1.10 bits per heavy atom. The molecule has 0 bridgehead atoms. The van der Waals surface area contributed by atoms with Gasteiger partial charge in [0, 0.05) is 15.4 Å². The number of halogens is 1. The number of aliphatic carboxylic acids is 1. The second kappa shape index (κ2) is 8.83. The second-order valence-corrected chi connectivity index (χ2v) is 8.35. The van der Waals surface area contributed by atoms with Crippen LogP contribution >= 0.6 is 15.9 Å². The molecule has 2 aromatic carbocycles. The second-order valence-electron chi connectivity index (χ2n) is 7.43. The molecule has 3 rings (SSSR count). The van der Waals surface area contributed by atoms with Crippen LogP contribution in [-0.2, 0) is 9.53 Å². The van der Waals surface area contributed by atoms with Crippen LogP contribution in [0.4, 0.5) is 0 Å². The van der Waals surface area contributed by atoms with Crippen LogP contribution in [-0.4, -0.2) is 28.7 Å². The van der Waals surface area contributed by atoms with Gasteiger partial charge in [0.05, 0.1) is 7.11 Å². The number of carbonyl (C=O) groups excluding carboxylic acids is 1. The van der Waals surface area contributed by atoms with Gasteiger partial charge in [-0.3, -0.25) is 9.36 Å². The monoisotopic (exact) mass is 471 g/mol. The van der Waals surface area contributed by atoms with Crippen LogP contribution in [0.2, 0.25) is 0 Å². The Bertz CT molecular complexity index is 1170. The van der Waals surface area contributed by atoms with E-state index >= 15 is 0 Å². The fourth-order valence-electron chi connectivity index (χ4n) is 3.64. The van der Waals surface area contributed by atoms with Crippen LogP contribution < -0.4 is 5.56 Å². The maximum atomic E-state index is 13.5. The molecule has 0 radical (unpaired) electrons. The molecular formula is C23H22BrNO5. The first-order chi connectivity index (χ1) is 14.3. The van der Waals surface area contributed by atoms with E-state index in [0.29, 0.717) is 21.9 Å². The zero-order valence-electron chi connectivity index (χ0n) is 16.9. The number of ether oxygens (including phenoxy) is 1. The number of aromatic nitrogens is 1. The number of hydrogen-bond acceptors (Lipinski definition) is 4. The van der Waals surface area contributed by atoms with Gasteiger partial charge in [0.2, 0.25) is 0 Å². The number of carbonyl (C=O) groups is 2. The van der Waals surface area contributed by atoms with Crippen LogP contribution in [0.5, 0.6) is 0 Å². The molecule has 1 aromatic heterocycles. The van der Waals surface area contributed by atoms with Gasteiger partial charge in [-0.15, -0.1) is 0 Å². The topological polar surface area (TPSA) is 85.6 Å². The van der Waals surface area contributed by atoms with Crippen molar-refractivity contribution in [3.05, 3.63) is 69.1 Å². The number of fused-ring (bicyclic) bond motifs is 1. The summed E-state index contributed by atoms with van der Waals surface area (Å²) in [6.45, 7) is 3.74. The summed E-state index contributed by atoms with van der Waals surface area (Å²) in [5, 5.41) is 10.8. The minimum atomic E-state index is -1.21. The van der Waals surface area contributed by atoms with Crippen LogP contribution in [0.25, 0.3) is 21.9 Å². The van der Waals surface area contributed by atoms with Crippen molar-refractivity contribution in [1.29, 1.82) is 0 Å². The summed E-state index contributed by atoms with van der Waals surface area (Å²) in [5.41, 5.74) is 0.551. The summed E-state index contributed by atoms with van der Waals surface area (Å²) in [6, 6.07) is 13.0. The van der Waals surface area contributed by atoms with Gasteiger partial charge >= 0.3 is 11.9 Å². The maximum absolute atomic E-state index is 13.5. The smallest absolute Gasteiger partial charge is 0.355 e. The number of nitrogens with zero attached hydrogens (tertiary/aromatic N) is 1. The molecule has 7 heteroatoms. The molecule has 0 saturated heterocycles. The lowest BCUT2D eigenvalue weighted by molar-refractivity contribution is -0.141. The maximum Gasteiger partial charge on any atom is 0.355 e. The molecule has 1 N–H and O–H groups in total. The first-order valence-electron chi connectivity index (χ1n) is 9.50. The molecule has 3 aromatic rings. The van der Waals surface area contributed by atoms with Gasteiger partial charge in [0.1, 0.15) is 11.7 Å². The van der Waals surface area contributed by atoms with Crippen LogP contribution in [0.3, 0.4) is 0 Å². The zero-order chi connectivity index (χ0) is 22.0. The Labute approximate surface area is 182 Å². The molecule has 0 aliphatic heterocycles.